The van der Waals surface area contributed by atoms with E-state index >= 15 is 0 Å². The van der Waals surface area contributed by atoms with Crippen molar-refractivity contribution < 1.29 is 17.7 Å². The first kappa shape index (κ1) is 14.2. The van der Waals surface area contributed by atoms with Crippen molar-refractivity contribution in [3.05, 3.63) is 35.5 Å². The van der Waals surface area contributed by atoms with Gasteiger partial charge < -0.3 is 15.2 Å². The van der Waals surface area contributed by atoms with Crippen LogP contribution in [0.25, 0.3) is 0 Å². The van der Waals surface area contributed by atoms with E-state index in [-0.39, 0.29) is 17.9 Å². The fourth-order valence-electron chi connectivity index (χ4n) is 1.76. The first-order valence-electron chi connectivity index (χ1n) is 5.73. The van der Waals surface area contributed by atoms with Gasteiger partial charge in [-0.05, 0) is 13.0 Å². The number of pyridine rings is 1. The summed E-state index contributed by atoms with van der Waals surface area (Å²) in [6, 6.07) is 2.63. The molecule has 0 aromatic carbocycles. The SMILES string of the molecule is Cc1cc(CN(C)c2cc(C(F)(F)F)ncc2N)no1. The highest BCUT2D eigenvalue weighted by molar-refractivity contribution is 5.66. The number of aryl methyl sites for hydroxylation is 1. The highest BCUT2D eigenvalue weighted by Gasteiger charge is 2.33. The zero-order valence-electron chi connectivity index (χ0n) is 10.9. The Balaban J connectivity index is 2.27. The summed E-state index contributed by atoms with van der Waals surface area (Å²) in [5.74, 6) is 0.632. The maximum absolute atomic E-state index is 12.6. The van der Waals surface area contributed by atoms with Gasteiger partial charge in [0.25, 0.3) is 0 Å². The minimum atomic E-state index is -4.51. The Bertz CT molecular complexity index is 609. The fourth-order valence-corrected chi connectivity index (χ4v) is 1.76. The highest BCUT2D eigenvalue weighted by atomic mass is 19.4. The largest absolute Gasteiger partial charge is 0.433 e. The van der Waals surface area contributed by atoms with Crippen LogP contribution in [-0.2, 0) is 12.7 Å². The van der Waals surface area contributed by atoms with Crippen LogP contribution in [0, 0.1) is 6.92 Å². The maximum atomic E-state index is 12.6. The number of nitrogens with two attached hydrogens (primary N) is 1. The van der Waals surface area contributed by atoms with Gasteiger partial charge in [0.1, 0.15) is 17.1 Å². The first-order valence-corrected chi connectivity index (χ1v) is 5.73. The van der Waals surface area contributed by atoms with Crippen molar-refractivity contribution in [3.8, 4) is 0 Å². The number of anilines is 2. The number of rotatable bonds is 3. The van der Waals surface area contributed by atoms with Gasteiger partial charge in [0.05, 0.1) is 24.1 Å². The molecule has 0 unspecified atom stereocenters. The molecule has 0 radical (unpaired) electrons. The number of hydrogen-bond donors (Lipinski definition) is 1. The van der Waals surface area contributed by atoms with Crippen LogP contribution in [0.2, 0.25) is 0 Å². The van der Waals surface area contributed by atoms with Crippen LogP contribution in [0.15, 0.2) is 22.9 Å². The number of nitrogen functional groups attached to an aromatic ring is 1. The Morgan fingerprint density at radius 1 is 1.35 bits per heavy atom. The molecule has 2 N–H and O–H groups in total. The van der Waals surface area contributed by atoms with E-state index < -0.39 is 11.9 Å². The zero-order valence-corrected chi connectivity index (χ0v) is 10.9. The van der Waals surface area contributed by atoms with Gasteiger partial charge >= 0.3 is 6.18 Å². The van der Waals surface area contributed by atoms with E-state index in [4.69, 9.17) is 10.3 Å². The van der Waals surface area contributed by atoms with Gasteiger partial charge in [0.2, 0.25) is 0 Å². The predicted octanol–water partition coefficient (Wildman–Crippen LogP) is 2.62. The Kier molecular flexibility index (Phi) is 3.56. The summed E-state index contributed by atoms with van der Waals surface area (Å²) in [6.07, 6.45) is -3.50. The number of halogens is 3. The second-order valence-electron chi connectivity index (χ2n) is 4.41. The van der Waals surface area contributed by atoms with Crippen molar-refractivity contribution in [3.63, 3.8) is 0 Å². The van der Waals surface area contributed by atoms with Gasteiger partial charge in [0.15, 0.2) is 0 Å². The van der Waals surface area contributed by atoms with Crippen molar-refractivity contribution in [2.75, 3.05) is 17.7 Å². The van der Waals surface area contributed by atoms with Gasteiger partial charge in [-0.1, -0.05) is 5.16 Å². The number of hydrogen-bond acceptors (Lipinski definition) is 5. The molecule has 8 heteroatoms. The molecule has 0 atom stereocenters. The molecule has 2 heterocycles. The third-order valence-corrected chi connectivity index (χ3v) is 2.69. The van der Waals surface area contributed by atoms with Crippen LogP contribution in [0.1, 0.15) is 17.1 Å². The fraction of sp³-hybridized carbons (Fsp3) is 0.333. The molecule has 2 rings (SSSR count). The summed E-state index contributed by atoms with van der Waals surface area (Å²) < 4.78 is 42.8. The zero-order chi connectivity index (χ0) is 14.9. The molecular weight excluding hydrogens is 273 g/mol. The molecule has 0 aliphatic heterocycles. The summed E-state index contributed by atoms with van der Waals surface area (Å²) in [7, 11) is 1.62. The molecule has 0 amide bonds. The third kappa shape index (κ3) is 3.01. The molecule has 20 heavy (non-hydrogen) atoms. The van der Waals surface area contributed by atoms with Crippen LogP contribution in [0.5, 0.6) is 0 Å². The molecule has 0 aliphatic carbocycles. The summed E-state index contributed by atoms with van der Waals surface area (Å²) >= 11 is 0. The maximum Gasteiger partial charge on any atom is 0.433 e. The molecule has 5 nitrogen and oxygen atoms in total. The Hall–Kier alpha value is -2.25. The molecule has 0 fully saturated rings. The van der Waals surface area contributed by atoms with E-state index in [9.17, 15) is 13.2 Å². The lowest BCUT2D eigenvalue weighted by Gasteiger charge is -2.20. The van der Waals surface area contributed by atoms with Crippen LogP contribution < -0.4 is 10.6 Å². The van der Waals surface area contributed by atoms with Crippen molar-refractivity contribution in [2.24, 2.45) is 0 Å². The van der Waals surface area contributed by atoms with E-state index in [0.29, 0.717) is 11.5 Å². The molecule has 0 spiro atoms. The normalized spacial score (nSPS) is 11.7. The molecule has 0 bridgehead atoms. The van der Waals surface area contributed by atoms with Crippen LogP contribution in [0.4, 0.5) is 24.5 Å². The Morgan fingerprint density at radius 2 is 2.05 bits per heavy atom. The molecular formula is C12H13F3N4O. The molecule has 0 aliphatic rings. The lowest BCUT2D eigenvalue weighted by Crippen LogP contribution is -2.19. The topological polar surface area (TPSA) is 68.2 Å². The quantitative estimate of drug-likeness (QED) is 0.939. The third-order valence-electron chi connectivity index (χ3n) is 2.69. The minimum absolute atomic E-state index is 0.167. The monoisotopic (exact) mass is 286 g/mol. The van der Waals surface area contributed by atoms with Crippen molar-refractivity contribution in [1.82, 2.24) is 10.1 Å². The lowest BCUT2D eigenvalue weighted by atomic mass is 10.2. The van der Waals surface area contributed by atoms with Gasteiger partial charge in [-0.3, -0.25) is 0 Å². The summed E-state index contributed by atoms with van der Waals surface area (Å²) in [5, 5.41) is 3.79. The second kappa shape index (κ2) is 5.03. The number of alkyl halides is 3. The number of nitrogens with zero attached hydrogens (tertiary/aromatic N) is 3. The van der Waals surface area contributed by atoms with E-state index in [2.05, 4.69) is 10.1 Å². The van der Waals surface area contributed by atoms with Crippen molar-refractivity contribution in [1.29, 1.82) is 0 Å². The molecule has 108 valence electrons. The average molecular weight is 286 g/mol. The summed E-state index contributed by atoms with van der Waals surface area (Å²) in [6.45, 7) is 2.02. The predicted molar refractivity (Wildman–Crippen MR) is 67.0 cm³/mol. The molecule has 0 saturated heterocycles. The van der Waals surface area contributed by atoms with Crippen molar-refractivity contribution >= 4 is 11.4 Å². The highest BCUT2D eigenvalue weighted by Crippen LogP contribution is 2.32. The van der Waals surface area contributed by atoms with Crippen LogP contribution in [-0.4, -0.2) is 17.2 Å². The molecule has 2 aromatic heterocycles. The lowest BCUT2D eigenvalue weighted by molar-refractivity contribution is -0.141. The molecule has 2 aromatic rings. The Morgan fingerprint density at radius 3 is 2.60 bits per heavy atom. The summed E-state index contributed by atoms with van der Waals surface area (Å²) in [5.41, 5.74) is 5.71. The van der Waals surface area contributed by atoms with Gasteiger partial charge in [-0.15, -0.1) is 0 Å². The number of aromatic nitrogens is 2. The van der Waals surface area contributed by atoms with Gasteiger partial charge in [-0.2, -0.15) is 13.2 Å². The van der Waals surface area contributed by atoms with Gasteiger partial charge in [-0.25, -0.2) is 4.98 Å². The van der Waals surface area contributed by atoms with Crippen LogP contribution >= 0.6 is 0 Å². The van der Waals surface area contributed by atoms with Crippen LogP contribution in [0.3, 0.4) is 0 Å². The first-order chi connectivity index (χ1) is 9.27. The second-order valence-corrected chi connectivity index (χ2v) is 4.41. The van der Waals surface area contributed by atoms with E-state index in [1.807, 2.05) is 0 Å². The Labute approximate surface area is 113 Å². The van der Waals surface area contributed by atoms with Gasteiger partial charge in [0, 0.05) is 13.1 Å². The van der Waals surface area contributed by atoms with Crippen molar-refractivity contribution in [2.45, 2.75) is 19.6 Å². The average Bonchev–Trinajstić information content (AvgIpc) is 2.73. The minimum Gasteiger partial charge on any atom is -0.396 e. The van der Waals surface area contributed by atoms with E-state index in [1.54, 1.807) is 24.9 Å². The standard InChI is InChI=1S/C12H13F3N4O/c1-7-3-8(18-20-7)6-19(2)10-4-11(12(13,14)15)17-5-9(10)16/h3-5H,6,16H2,1-2H3. The molecule has 0 saturated carbocycles. The summed E-state index contributed by atoms with van der Waals surface area (Å²) in [4.78, 5) is 4.85. The van der Waals surface area contributed by atoms with E-state index in [1.165, 1.54) is 0 Å². The smallest absolute Gasteiger partial charge is 0.396 e. The van der Waals surface area contributed by atoms with E-state index in [0.717, 1.165) is 12.3 Å².